The highest BCUT2D eigenvalue weighted by Gasteiger charge is 2.12. The molecule has 0 saturated heterocycles. The van der Waals surface area contributed by atoms with E-state index in [0.717, 1.165) is 24.2 Å². The van der Waals surface area contributed by atoms with E-state index >= 15 is 0 Å². The average molecular weight is 380 g/mol. The van der Waals surface area contributed by atoms with Gasteiger partial charge in [-0.1, -0.05) is 23.8 Å². The molecule has 148 valence electrons. The first kappa shape index (κ1) is 19.9. The number of rotatable bonds is 8. The number of carbonyl (C=O) groups excluding carboxylic acids is 1. The molecule has 2 N–H and O–H groups in total. The lowest BCUT2D eigenvalue weighted by atomic mass is 9.97. The molecule has 0 atom stereocenters. The minimum absolute atomic E-state index is 0.115. The van der Waals surface area contributed by atoms with Crippen LogP contribution in [0.5, 0.6) is 5.75 Å². The monoisotopic (exact) mass is 380 g/mol. The van der Waals surface area contributed by atoms with Crippen LogP contribution in [0, 0.1) is 6.92 Å². The molecule has 28 heavy (non-hydrogen) atoms. The zero-order valence-corrected chi connectivity index (χ0v) is 16.6. The first-order valence-corrected chi connectivity index (χ1v) is 9.82. The zero-order chi connectivity index (χ0) is 19.8. The second-order valence-corrected chi connectivity index (χ2v) is 7.01. The summed E-state index contributed by atoms with van der Waals surface area (Å²) in [4.78, 5) is 21.1. The van der Waals surface area contributed by atoms with Crippen molar-refractivity contribution in [2.75, 3.05) is 19.0 Å². The molecule has 0 fully saturated rings. The number of aryl methyl sites for hydroxylation is 1. The zero-order valence-electron chi connectivity index (χ0n) is 16.6. The van der Waals surface area contributed by atoms with Gasteiger partial charge in [-0.05, 0) is 56.7 Å². The molecule has 0 bridgehead atoms. The van der Waals surface area contributed by atoms with E-state index in [2.05, 4.69) is 26.7 Å². The lowest BCUT2D eigenvalue weighted by molar-refractivity contribution is 0.0952. The Labute approximate surface area is 166 Å². The van der Waals surface area contributed by atoms with Crippen LogP contribution in [0.4, 0.5) is 5.95 Å². The van der Waals surface area contributed by atoms with Gasteiger partial charge in [-0.3, -0.25) is 4.79 Å². The second kappa shape index (κ2) is 9.88. The van der Waals surface area contributed by atoms with E-state index in [1.165, 1.54) is 24.8 Å². The van der Waals surface area contributed by atoms with Crippen molar-refractivity contribution in [2.24, 2.45) is 0 Å². The Kier molecular flexibility index (Phi) is 7.00. The number of nitrogens with zero attached hydrogens (tertiary/aromatic N) is 2. The van der Waals surface area contributed by atoms with Crippen LogP contribution in [0.2, 0.25) is 0 Å². The maximum Gasteiger partial charge on any atom is 0.254 e. The average Bonchev–Trinajstić information content (AvgIpc) is 2.73. The Morgan fingerprint density at radius 1 is 1.21 bits per heavy atom. The summed E-state index contributed by atoms with van der Waals surface area (Å²) in [7, 11) is 1.65. The van der Waals surface area contributed by atoms with Crippen LogP contribution in [-0.4, -0.2) is 29.5 Å². The Balaban J connectivity index is 1.50. The van der Waals surface area contributed by atoms with Gasteiger partial charge in [0.15, 0.2) is 0 Å². The lowest BCUT2D eigenvalue weighted by Gasteiger charge is -2.13. The molecule has 0 aliphatic heterocycles. The number of amides is 1. The van der Waals surface area contributed by atoms with Crippen molar-refractivity contribution in [2.45, 2.75) is 45.6 Å². The van der Waals surface area contributed by atoms with Crippen molar-refractivity contribution < 1.29 is 9.53 Å². The SMILES string of the molecule is COc1ccc(CNc2ncc(C(=O)NCCC3=CCCCC3)c(C)n2)cc1. The number of methoxy groups -OCH3 is 1. The topological polar surface area (TPSA) is 76.1 Å². The van der Waals surface area contributed by atoms with Gasteiger partial charge in [-0.15, -0.1) is 0 Å². The van der Waals surface area contributed by atoms with Crippen LogP contribution >= 0.6 is 0 Å². The van der Waals surface area contributed by atoms with Gasteiger partial charge in [0, 0.05) is 19.3 Å². The Hall–Kier alpha value is -2.89. The van der Waals surface area contributed by atoms with Crippen LogP contribution in [0.1, 0.15) is 53.7 Å². The van der Waals surface area contributed by atoms with Crippen LogP contribution in [0.15, 0.2) is 42.1 Å². The van der Waals surface area contributed by atoms with Crippen molar-refractivity contribution in [3.63, 3.8) is 0 Å². The van der Waals surface area contributed by atoms with Crippen molar-refractivity contribution in [3.8, 4) is 5.75 Å². The number of ether oxygens (including phenoxy) is 1. The summed E-state index contributed by atoms with van der Waals surface area (Å²) >= 11 is 0. The summed E-state index contributed by atoms with van der Waals surface area (Å²) in [5.74, 6) is 1.22. The van der Waals surface area contributed by atoms with E-state index in [-0.39, 0.29) is 5.91 Å². The van der Waals surface area contributed by atoms with E-state index in [9.17, 15) is 4.79 Å². The maximum atomic E-state index is 12.4. The highest BCUT2D eigenvalue weighted by atomic mass is 16.5. The Bertz CT molecular complexity index is 831. The summed E-state index contributed by atoms with van der Waals surface area (Å²) in [6.07, 6.45) is 9.70. The molecule has 1 aromatic carbocycles. The van der Waals surface area contributed by atoms with Gasteiger partial charge in [0.05, 0.1) is 18.4 Å². The summed E-state index contributed by atoms with van der Waals surface area (Å²) in [6.45, 7) is 3.09. The summed E-state index contributed by atoms with van der Waals surface area (Å²) in [6, 6.07) is 7.81. The second-order valence-electron chi connectivity index (χ2n) is 7.01. The number of hydrogen-bond acceptors (Lipinski definition) is 5. The van der Waals surface area contributed by atoms with Crippen molar-refractivity contribution in [1.82, 2.24) is 15.3 Å². The number of allylic oxidation sites excluding steroid dienone is 1. The highest BCUT2D eigenvalue weighted by molar-refractivity contribution is 5.94. The van der Waals surface area contributed by atoms with Crippen LogP contribution in [-0.2, 0) is 6.54 Å². The molecule has 0 unspecified atom stereocenters. The number of benzene rings is 1. The first-order valence-electron chi connectivity index (χ1n) is 9.82. The summed E-state index contributed by atoms with van der Waals surface area (Å²) in [5, 5.41) is 6.17. The number of carbonyl (C=O) groups is 1. The predicted molar refractivity (Wildman–Crippen MR) is 111 cm³/mol. The predicted octanol–water partition coefficient (Wildman–Crippen LogP) is 4.03. The van der Waals surface area contributed by atoms with Crippen LogP contribution in [0.25, 0.3) is 0 Å². The molecule has 0 saturated carbocycles. The smallest absolute Gasteiger partial charge is 0.254 e. The fraction of sp³-hybridized carbons (Fsp3) is 0.409. The molecule has 6 nitrogen and oxygen atoms in total. The van der Waals surface area contributed by atoms with Gasteiger partial charge in [-0.2, -0.15) is 0 Å². The normalized spacial score (nSPS) is 13.6. The fourth-order valence-electron chi connectivity index (χ4n) is 3.26. The van der Waals surface area contributed by atoms with Gasteiger partial charge in [0.1, 0.15) is 5.75 Å². The third-order valence-corrected chi connectivity index (χ3v) is 4.95. The van der Waals surface area contributed by atoms with Crippen molar-refractivity contribution in [3.05, 3.63) is 58.9 Å². The molecule has 0 spiro atoms. The quantitative estimate of drug-likeness (QED) is 0.676. The van der Waals surface area contributed by atoms with Crippen LogP contribution < -0.4 is 15.4 Å². The van der Waals surface area contributed by atoms with E-state index < -0.39 is 0 Å². The fourth-order valence-corrected chi connectivity index (χ4v) is 3.26. The molecule has 2 aromatic rings. The number of hydrogen-bond donors (Lipinski definition) is 2. The van der Waals surface area contributed by atoms with Gasteiger partial charge >= 0.3 is 0 Å². The highest BCUT2D eigenvalue weighted by Crippen LogP contribution is 2.19. The van der Waals surface area contributed by atoms with E-state index in [1.807, 2.05) is 31.2 Å². The standard InChI is InChI=1S/C22H28N4O2/c1-16-20(21(27)23-13-12-17-6-4-3-5-7-17)15-25-22(26-16)24-14-18-8-10-19(28-2)11-9-18/h6,8-11,15H,3-5,7,12-14H2,1-2H3,(H,23,27)(H,24,25,26). The molecule has 3 rings (SSSR count). The third kappa shape index (κ3) is 5.55. The molecule has 1 aliphatic carbocycles. The molecular formula is C22H28N4O2. The molecule has 6 heteroatoms. The Morgan fingerprint density at radius 2 is 2.04 bits per heavy atom. The molecule has 1 aromatic heterocycles. The number of nitrogens with one attached hydrogen (secondary N) is 2. The van der Waals surface area contributed by atoms with Gasteiger partial charge in [0.25, 0.3) is 5.91 Å². The lowest BCUT2D eigenvalue weighted by Crippen LogP contribution is -2.26. The van der Waals surface area contributed by atoms with E-state index in [1.54, 1.807) is 13.3 Å². The first-order chi connectivity index (χ1) is 13.7. The minimum Gasteiger partial charge on any atom is -0.497 e. The molecular weight excluding hydrogens is 352 g/mol. The molecule has 1 amide bonds. The van der Waals surface area contributed by atoms with E-state index in [0.29, 0.717) is 30.3 Å². The maximum absolute atomic E-state index is 12.4. The largest absolute Gasteiger partial charge is 0.497 e. The van der Waals surface area contributed by atoms with Gasteiger partial charge in [0.2, 0.25) is 5.95 Å². The van der Waals surface area contributed by atoms with Crippen molar-refractivity contribution >= 4 is 11.9 Å². The van der Waals surface area contributed by atoms with Gasteiger partial charge < -0.3 is 15.4 Å². The third-order valence-electron chi connectivity index (χ3n) is 4.95. The van der Waals surface area contributed by atoms with Gasteiger partial charge in [-0.25, -0.2) is 9.97 Å². The van der Waals surface area contributed by atoms with Crippen LogP contribution in [0.3, 0.4) is 0 Å². The number of aromatic nitrogens is 2. The molecule has 1 aliphatic rings. The Morgan fingerprint density at radius 3 is 2.71 bits per heavy atom. The van der Waals surface area contributed by atoms with Crippen molar-refractivity contribution in [1.29, 1.82) is 0 Å². The minimum atomic E-state index is -0.115. The summed E-state index contributed by atoms with van der Waals surface area (Å²) in [5.41, 5.74) is 3.74. The number of anilines is 1. The summed E-state index contributed by atoms with van der Waals surface area (Å²) < 4.78 is 5.16. The molecule has 0 radical (unpaired) electrons. The molecule has 1 heterocycles. The van der Waals surface area contributed by atoms with E-state index in [4.69, 9.17) is 4.74 Å².